The van der Waals surface area contributed by atoms with Gasteiger partial charge in [0.1, 0.15) is 4.21 Å². The smallest absolute Gasteiger partial charge is 0.252 e. The van der Waals surface area contributed by atoms with Gasteiger partial charge in [0.15, 0.2) is 0 Å². The SMILES string of the molecule is CC(=O)Nc1ccc(Cl)cc1NC(=O)Cc1ccc(S(=O)(=O)N2CCCC2)s1. The Labute approximate surface area is 172 Å². The monoisotopic (exact) mass is 441 g/mol. The van der Waals surface area contributed by atoms with Crippen LogP contribution in [-0.4, -0.2) is 37.6 Å². The molecule has 0 radical (unpaired) electrons. The number of carbonyl (C=O) groups excluding carboxylic acids is 2. The molecule has 1 aromatic carbocycles. The highest BCUT2D eigenvalue weighted by molar-refractivity contribution is 7.91. The van der Waals surface area contributed by atoms with Crippen LogP contribution in [0.4, 0.5) is 11.4 Å². The van der Waals surface area contributed by atoms with E-state index in [4.69, 9.17) is 11.6 Å². The molecule has 0 aliphatic carbocycles. The highest BCUT2D eigenvalue weighted by atomic mass is 35.5. The minimum atomic E-state index is -3.48. The van der Waals surface area contributed by atoms with Crippen LogP contribution in [-0.2, 0) is 26.0 Å². The van der Waals surface area contributed by atoms with Gasteiger partial charge in [-0.2, -0.15) is 4.31 Å². The molecule has 1 fully saturated rings. The largest absolute Gasteiger partial charge is 0.325 e. The summed E-state index contributed by atoms with van der Waals surface area (Å²) in [6.07, 6.45) is 1.76. The van der Waals surface area contributed by atoms with Gasteiger partial charge in [0.05, 0.1) is 17.8 Å². The van der Waals surface area contributed by atoms with Crippen molar-refractivity contribution < 1.29 is 18.0 Å². The molecule has 1 aliphatic heterocycles. The second kappa shape index (κ2) is 8.60. The number of hydrogen-bond acceptors (Lipinski definition) is 5. The summed E-state index contributed by atoms with van der Waals surface area (Å²) in [7, 11) is -3.48. The van der Waals surface area contributed by atoms with E-state index in [9.17, 15) is 18.0 Å². The standard InChI is InChI=1S/C18H20ClN3O4S2/c1-12(23)20-15-6-4-13(19)10-16(15)21-17(24)11-14-5-7-18(27-14)28(25,26)22-8-2-3-9-22/h4-7,10H,2-3,8-9,11H2,1H3,(H,20,23)(H,21,24). The van der Waals surface area contributed by atoms with E-state index >= 15 is 0 Å². The van der Waals surface area contributed by atoms with Gasteiger partial charge in [-0.3, -0.25) is 9.59 Å². The molecule has 2 heterocycles. The van der Waals surface area contributed by atoms with Gasteiger partial charge in [0, 0.05) is 29.9 Å². The van der Waals surface area contributed by atoms with Crippen molar-refractivity contribution in [3.05, 3.63) is 40.2 Å². The second-order valence-electron chi connectivity index (χ2n) is 6.43. The predicted octanol–water partition coefficient (Wildman–Crippen LogP) is 3.33. The molecule has 0 saturated carbocycles. The van der Waals surface area contributed by atoms with Gasteiger partial charge in [-0.1, -0.05) is 11.6 Å². The normalized spacial score (nSPS) is 14.8. The highest BCUT2D eigenvalue weighted by Gasteiger charge is 2.28. The van der Waals surface area contributed by atoms with Gasteiger partial charge < -0.3 is 10.6 Å². The Bertz CT molecular complexity index is 998. The van der Waals surface area contributed by atoms with Crippen molar-refractivity contribution in [2.45, 2.75) is 30.4 Å². The molecule has 1 aromatic heterocycles. The van der Waals surface area contributed by atoms with Crippen LogP contribution in [0.2, 0.25) is 5.02 Å². The van der Waals surface area contributed by atoms with E-state index in [2.05, 4.69) is 10.6 Å². The maximum Gasteiger partial charge on any atom is 0.252 e. The summed E-state index contributed by atoms with van der Waals surface area (Å²) in [5, 5.41) is 5.76. The molecule has 1 saturated heterocycles. The zero-order valence-electron chi connectivity index (χ0n) is 15.2. The van der Waals surface area contributed by atoms with Gasteiger partial charge >= 0.3 is 0 Å². The van der Waals surface area contributed by atoms with Crippen LogP contribution in [0.3, 0.4) is 0 Å². The Morgan fingerprint density at radius 1 is 1.11 bits per heavy atom. The summed E-state index contributed by atoms with van der Waals surface area (Å²) in [5.74, 6) is -0.603. The maximum absolute atomic E-state index is 12.6. The van der Waals surface area contributed by atoms with Crippen LogP contribution >= 0.6 is 22.9 Å². The van der Waals surface area contributed by atoms with Gasteiger partial charge in [0.2, 0.25) is 11.8 Å². The zero-order chi connectivity index (χ0) is 20.3. The van der Waals surface area contributed by atoms with Crippen LogP contribution in [0.5, 0.6) is 0 Å². The lowest BCUT2D eigenvalue weighted by Gasteiger charge is -2.13. The number of halogens is 1. The van der Waals surface area contributed by atoms with E-state index < -0.39 is 10.0 Å². The number of carbonyl (C=O) groups is 2. The molecule has 0 unspecified atom stereocenters. The van der Waals surface area contributed by atoms with Crippen molar-refractivity contribution in [2.75, 3.05) is 23.7 Å². The van der Waals surface area contributed by atoms with E-state index in [0.29, 0.717) is 34.4 Å². The zero-order valence-corrected chi connectivity index (χ0v) is 17.6. The Morgan fingerprint density at radius 3 is 2.50 bits per heavy atom. The molecule has 0 bridgehead atoms. The first-order valence-electron chi connectivity index (χ1n) is 8.71. The molecule has 0 spiro atoms. The highest BCUT2D eigenvalue weighted by Crippen LogP contribution is 2.29. The Balaban J connectivity index is 1.70. The average molecular weight is 442 g/mol. The third-order valence-electron chi connectivity index (χ3n) is 4.20. The number of anilines is 2. The fourth-order valence-electron chi connectivity index (χ4n) is 2.92. The maximum atomic E-state index is 12.6. The molecule has 2 amide bonds. The van der Waals surface area contributed by atoms with Crippen molar-refractivity contribution in [1.29, 1.82) is 0 Å². The Kier molecular flexibility index (Phi) is 6.39. The van der Waals surface area contributed by atoms with Crippen molar-refractivity contribution in [3.8, 4) is 0 Å². The van der Waals surface area contributed by atoms with Crippen LogP contribution in [0.25, 0.3) is 0 Å². The van der Waals surface area contributed by atoms with E-state index in [0.717, 1.165) is 24.2 Å². The lowest BCUT2D eigenvalue weighted by atomic mass is 10.2. The van der Waals surface area contributed by atoms with E-state index in [-0.39, 0.29) is 22.4 Å². The molecule has 3 rings (SSSR count). The van der Waals surface area contributed by atoms with Gasteiger partial charge in [-0.05, 0) is 43.2 Å². The molecule has 2 aromatic rings. The number of amides is 2. The molecule has 10 heteroatoms. The number of nitrogens with zero attached hydrogens (tertiary/aromatic N) is 1. The summed E-state index contributed by atoms with van der Waals surface area (Å²) in [5.41, 5.74) is 0.822. The third kappa shape index (κ3) is 4.91. The van der Waals surface area contributed by atoms with Gasteiger partial charge in [-0.25, -0.2) is 8.42 Å². The quantitative estimate of drug-likeness (QED) is 0.718. The minimum Gasteiger partial charge on any atom is -0.325 e. The van der Waals surface area contributed by atoms with Crippen molar-refractivity contribution in [3.63, 3.8) is 0 Å². The fraction of sp³-hybridized carbons (Fsp3) is 0.333. The van der Waals surface area contributed by atoms with Gasteiger partial charge in [0.25, 0.3) is 10.0 Å². The summed E-state index contributed by atoms with van der Waals surface area (Å²) in [6.45, 7) is 2.45. The Morgan fingerprint density at radius 2 is 1.82 bits per heavy atom. The molecule has 28 heavy (non-hydrogen) atoms. The van der Waals surface area contributed by atoms with E-state index in [1.165, 1.54) is 11.2 Å². The number of benzene rings is 1. The first-order chi connectivity index (χ1) is 13.3. The van der Waals surface area contributed by atoms with E-state index in [1.807, 2.05) is 0 Å². The molecule has 0 atom stereocenters. The number of sulfonamides is 1. The minimum absolute atomic E-state index is 0.0201. The van der Waals surface area contributed by atoms with Gasteiger partial charge in [-0.15, -0.1) is 11.3 Å². The van der Waals surface area contributed by atoms with Crippen molar-refractivity contribution >= 4 is 56.2 Å². The molecular weight excluding hydrogens is 422 g/mol. The van der Waals surface area contributed by atoms with Crippen LogP contribution in [0.1, 0.15) is 24.6 Å². The summed E-state index contributed by atoms with van der Waals surface area (Å²) < 4.78 is 26.9. The molecule has 1 aliphatic rings. The average Bonchev–Trinajstić information content (AvgIpc) is 3.29. The number of thiophene rings is 1. The van der Waals surface area contributed by atoms with Crippen LogP contribution in [0, 0.1) is 0 Å². The summed E-state index contributed by atoms with van der Waals surface area (Å²) >= 11 is 7.08. The third-order valence-corrected chi connectivity index (χ3v) is 7.88. The Hall–Kier alpha value is -1.94. The first kappa shape index (κ1) is 20.8. The topological polar surface area (TPSA) is 95.6 Å². The predicted molar refractivity (Wildman–Crippen MR) is 110 cm³/mol. The van der Waals surface area contributed by atoms with Crippen LogP contribution < -0.4 is 10.6 Å². The number of nitrogens with one attached hydrogen (secondary N) is 2. The molecule has 7 nitrogen and oxygen atoms in total. The lowest BCUT2D eigenvalue weighted by Crippen LogP contribution is -2.27. The van der Waals surface area contributed by atoms with E-state index in [1.54, 1.807) is 30.3 Å². The summed E-state index contributed by atoms with van der Waals surface area (Å²) in [4.78, 5) is 24.4. The summed E-state index contributed by atoms with van der Waals surface area (Å²) in [6, 6.07) is 7.95. The number of rotatable bonds is 6. The van der Waals surface area contributed by atoms with Crippen LogP contribution in [0.15, 0.2) is 34.5 Å². The second-order valence-corrected chi connectivity index (χ2v) is 10.2. The fourth-order valence-corrected chi connectivity index (χ4v) is 6.12. The number of hydrogen-bond donors (Lipinski definition) is 2. The molecular formula is C18H20ClN3O4S2. The van der Waals surface area contributed by atoms with Crippen molar-refractivity contribution in [1.82, 2.24) is 4.31 Å². The lowest BCUT2D eigenvalue weighted by molar-refractivity contribution is -0.116. The molecule has 150 valence electrons. The first-order valence-corrected chi connectivity index (χ1v) is 11.3. The molecule has 2 N–H and O–H groups in total. The van der Waals surface area contributed by atoms with Crippen molar-refractivity contribution in [2.24, 2.45) is 0 Å².